The molecule has 2 atom stereocenters. The average Bonchev–Trinajstić information content (AvgIpc) is 3.35. The largest absolute Gasteiger partial charge is 0.478 e. The van der Waals surface area contributed by atoms with Gasteiger partial charge in [0.1, 0.15) is 17.5 Å². The van der Waals surface area contributed by atoms with Crippen molar-refractivity contribution in [1.82, 2.24) is 19.4 Å². The number of carboxylic acids is 1. The first-order chi connectivity index (χ1) is 21.0. The maximum absolute atomic E-state index is 11.6. The summed E-state index contributed by atoms with van der Waals surface area (Å²) >= 11 is 0. The van der Waals surface area contributed by atoms with Crippen molar-refractivity contribution in [3.05, 3.63) is 82.7 Å². The number of benzene rings is 2. The number of ether oxygens (including phenoxy) is 1. The van der Waals surface area contributed by atoms with Gasteiger partial charge in [0.2, 0.25) is 0 Å². The molecule has 10 nitrogen and oxygen atoms in total. The maximum Gasteiger partial charge on any atom is 0.335 e. The zero-order valence-corrected chi connectivity index (χ0v) is 24.3. The summed E-state index contributed by atoms with van der Waals surface area (Å²) in [5, 5.41) is 18.8. The fourth-order valence-electron chi connectivity index (χ4n) is 6.56. The number of piperazine rings is 1. The normalized spacial score (nSPS) is 20.5. The second-order valence-corrected chi connectivity index (χ2v) is 11.7. The van der Waals surface area contributed by atoms with Crippen LogP contribution in [0.4, 0.5) is 11.6 Å². The molecule has 0 radical (unpaired) electrons. The molecule has 0 spiro atoms. The van der Waals surface area contributed by atoms with Crippen LogP contribution < -0.4 is 9.80 Å². The Hall–Kier alpha value is -4.46. The Labute approximate surface area is 250 Å². The van der Waals surface area contributed by atoms with Gasteiger partial charge in [0, 0.05) is 39.3 Å². The molecule has 2 aromatic carbocycles. The van der Waals surface area contributed by atoms with Crippen LogP contribution in [0, 0.1) is 11.3 Å². The van der Waals surface area contributed by atoms with Gasteiger partial charge in [0.25, 0.3) is 0 Å². The molecule has 0 saturated carbocycles. The first kappa shape index (κ1) is 27.4. The maximum atomic E-state index is 11.6. The van der Waals surface area contributed by atoms with E-state index < -0.39 is 5.97 Å². The van der Waals surface area contributed by atoms with Crippen LogP contribution >= 0.6 is 0 Å². The summed E-state index contributed by atoms with van der Waals surface area (Å²) in [5.74, 6) is 1.99. The van der Waals surface area contributed by atoms with E-state index in [1.54, 1.807) is 12.1 Å². The van der Waals surface area contributed by atoms with Gasteiger partial charge in [-0.1, -0.05) is 12.1 Å². The average molecular weight is 578 g/mol. The van der Waals surface area contributed by atoms with Gasteiger partial charge in [-0.05, 0) is 73.4 Å². The molecule has 1 N–H and O–H groups in total. The Morgan fingerprint density at radius 1 is 1.05 bits per heavy atom. The standard InChI is InChI=1S/C33H35N7O3/c1-22-27-7-5-23(19-34)17-24(27)9-11-39(22)31-4-2-3-30(36-31)38-14-12-37(13-15-38)21-32-35-28-8-6-25(33(41)42)18-29(28)40(32)20-26-10-16-43-26/h2-8,17-18,22,26H,9-16,20-21H2,1H3,(H,41,42)/t22-,26?/m0/s1. The molecule has 7 rings (SSSR count). The van der Waals surface area contributed by atoms with E-state index in [9.17, 15) is 15.2 Å². The first-order valence-electron chi connectivity index (χ1n) is 15.0. The van der Waals surface area contributed by atoms with Crippen LogP contribution in [0.25, 0.3) is 11.0 Å². The Morgan fingerprint density at radius 2 is 1.86 bits per heavy atom. The molecular weight excluding hydrogens is 542 g/mol. The topological polar surface area (TPSA) is 111 Å². The third-order valence-electron chi connectivity index (χ3n) is 9.14. The van der Waals surface area contributed by atoms with Crippen LogP contribution in [0.1, 0.15) is 52.3 Å². The fraction of sp³-hybridized carbons (Fsp3) is 0.394. The minimum Gasteiger partial charge on any atom is -0.478 e. The second-order valence-electron chi connectivity index (χ2n) is 11.7. The van der Waals surface area contributed by atoms with Gasteiger partial charge in [-0.15, -0.1) is 0 Å². The molecule has 43 heavy (non-hydrogen) atoms. The van der Waals surface area contributed by atoms with Gasteiger partial charge < -0.3 is 24.2 Å². The Balaban J connectivity index is 1.04. The predicted molar refractivity (Wildman–Crippen MR) is 163 cm³/mol. The van der Waals surface area contributed by atoms with Crippen LogP contribution in [-0.4, -0.2) is 75.9 Å². The van der Waals surface area contributed by atoms with E-state index in [0.717, 1.165) is 86.2 Å². The molecule has 4 aromatic rings. The summed E-state index contributed by atoms with van der Waals surface area (Å²) in [5.41, 5.74) is 5.18. The number of aromatic carboxylic acids is 1. The predicted octanol–water partition coefficient (Wildman–Crippen LogP) is 4.24. The van der Waals surface area contributed by atoms with Gasteiger partial charge in [0.05, 0.1) is 53.5 Å². The van der Waals surface area contributed by atoms with Gasteiger partial charge in [0.15, 0.2) is 0 Å². The lowest BCUT2D eigenvalue weighted by Crippen LogP contribution is -2.46. The van der Waals surface area contributed by atoms with Crippen LogP contribution in [0.2, 0.25) is 0 Å². The van der Waals surface area contributed by atoms with Crippen molar-refractivity contribution in [3.8, 4) is 6.07 Å². The second kappa shape index (κ2) is 11.3. The molecule has 0 aliphatic carbocycles. The number of rotatable bonds is 7. The van der Waals surface area contributed by atoms with E-state index in [0.29, 0.717) is 13.1 Å². The van der Waals surface area contributed by atoms with Crippen LogP contribution in [-0.2, 0) is 24.2 Å². The van der Waals surface area contributed by atoms with Gasteiger partial charge in [-0.2, -0.15) is 5.26 Å². The third-order valence-corrected chi connectivity index (χ3v) is 9.14. The highest BCUT2D eigenvalue weighted by Gasteiger charge is 2.27. The number of nitriles is 1. The number of carboxylic acid groups (broad SMARTS) is 1. The van der Waals surface area contributed by atoms with Crippen molar-refractivity contribution in [1.29, 1.82) is 5.26 Å². The quantitative estimate of drug-likeness (QED) is 0.345. The minimum atomic E-state index is -0.932. The monoisotopic (exact) mass is 577 g/mol. The third kappa shape index (κ3) is 5.31. The van der Waals surface area contributed by atoms with Gasteiger partial charge in [-0.25, -0.2) is 14.8 Å². The number of hydrogen-bond acceptors (Lipinski definition) is 8. The molecule has 0 bridgehead atoms. The number of pyridine rings is 1. The number of nitrogens with zero attached hydrogens (tertiary/aromatic N) is 7. The Kier molecular flexibility index (Phi) is 7.21. The smallest absolute Gasteiger partial charge is 0.335 e. The van der Waals surface area contributed by atoms with E-state index in [-0.39, 0.29) is 17.7 Å². The van der Waals surface area contributed by atoms with E-state index in [1.807, 2.05) is 18.2 Å². The summed E-state index contributed by atoms with van der Waals surface area (Å²) in [6.45, 7) is 8.72. The number of imidazole rings is 1. The summed E-state index contributed by atoms with van der Waals surface area (Å²) in [4.78, 5) is 28.8. The molecular formula is C33H35N7O3. The van der Waals surface area contributed by atoms with E-state index in [4.69, 9.17) is 14.7 Å². The van der Waals surface area contributed by atoms with Crippen molar-refractivity contribution in [2.45, 2.75) is 45.0 Å². The summed E-state index contributed by atoms with van der Waals surface area (Å²) in [6.07, 6.45) is 2.05. The minimum absolute atomic E-state index is 0.144. The van der Waals surface area contributed by atoms with Crippen molar-refractivity contribution >= 4 is 28.6 Å². The lowest BCUT2D eigenvalue weighted by molar-refractivity contribution is -0.0592. The highest BCUT2D eigenvalue weighted by atomic mass is 16.5. The Morgan fingerprint density at radius 3 is 2.60 bits per heavy atom. The van der Waals surface area contributed by atoms with E-state index in [1.165, 1.54) is 11.1 Å². The molecule has 5 heterocycles. The van der Waals surface area contributed by atoms with Crippen molar-refractivity contribution in [2.75, 3.05) is 49.1 Å². The van der Waals surface area contributed by atoms with Gasteiger partial charge >= 0.3 is 5.97 Å². The number of fused-ring (bicyclic) bond motifs is 2. The molecule has 0 amide bonds. The summed E-state index contributed by atoms with van der Waals surface area (Å²) < 4.78 is 7.87. The van der Waals surface area contributed by atoms with Crippen LogP contribution in [0.5, 0.6) is 0 Å². The van der Waals surface area contributed by atoms with Crippen LogP contribution in [0.15, 0.2) is 54.6 Å². The molecule has 10 heteroatoms. The molecule has 1 unspecified atom stereocenters. The number of carbonyl (C=O) groups is 1. The van der Waals surface area contributed by atoms with E-state index >= 15 is 0 Å². The highest BCUT2D eigenvalue weighted by molar-refractivity contribution is 5.92. The Bertz CT molecular complexity index is 1720. The van der Waals surface area contributed by atoms with Gasteiger partial charge in [-0.3, -0.25) is 4.90 Å². The molecule has 3 aliphatic heterocycles. The van der Waals surface area contributed by atoms with Crippen LogP contribution in [0.3, 0.4) is 0 Å². The molecule has 3 aliphatic rings. The molecule has 2 fully saturated rings. The SMILES string of the molecule is C[C@H]1c2ccc(C#N)cc2CCN1c1cccc(N2CCN(Cc3nc4ccc(C(=O)O)cc4n3CC3CCO3)CC2)n1. The zero-order valence-electron chi connectivity index (χ0n) is 24.3. The summed E-state index contributed by atoms with van der Waals surface area (Å²) in [7, 11) is 0. The molecule has 2 saturated heterocycles. The fourth-order valence-corrected chi connectivity index (χ4v) is 6.56. The zero-order chi connectivity index (χ0) is 29.5. The lowest BCUT2D eigenvalue weighted by atomic mass is 9.92. The highest BCUT2D eigenvalue weighted by Crippen LogP contribution is 2.34. The van der Waals surface area contributed by atoms with Crippen molar-refractivity contribution in [2.24, 2.45) is 0 Å². The number of hydrogen-bond donors (Lipinski definition) is 1. The number of aromatic nitrogens is 3. The first-order valence-corrected chi connectivity index (χ1v) is 15.0. The van der Waals surface area contributed by atoms with Crippen molar-refractivity contribution in [3.63, 3.8) is 0 Å². The van der Waals surface area contributed by atoms with Crippen molar-refractivity contribution < 1.29 is 14.6 Å². The molecule has 220 valence electrons. The van der Waals surface area contributed by atoms with E-state index in [2.05, 4.69) is 56.5 Å². The lowest BCUT2D eigenvalue weighted by Gasteiger charge is -2.38. The number of anilines is 2. The summed E-state index contributed by atoms with van der Waals surface area (Å²) in [6, 6.07) is 19.9. The molecule has 2 aromatic heterocycles.